The summed E-state index contributed by atoms with van der Waals surface area (Å²) in [5, 5.41) is 23.2. The summed E-state index contributed by atoms with van der Waals surface area (Å²) in [6.07, 6.45) is 1.50. The third-order valence-corrected chi connectivity index (χ3v) is 3.55. The van der Waals surface area contributed by atoms with E-state index in [1.54, 1.807) is 17.0 Å². The van der Waals surface area contributed by atoms with E-state index in [9.17, 15) is 20.0 Å². The predicted molar refractivity (Wildman–Crippen MR) is 71.8 cm³/mol. The van der Waals surface area contributed by atoms with Gasteiger partial charge >= 0.3 is 0 Å². The second-order valence-electron chi connectivity index (χ2n) is 5.27. The Hall–Kier alpha value is -2.15. The molecular weight excluding hydrogens is 262 g/mol. The molecule has 2 fully saturated rings. The van der Waals surface area contributed by atoms with Gasteiger partial charge < -0.3 is 15.3 Å². The van der Waals surface area contributed by atoms with E-state index in [4.69, 9.17) is 0 Å². The summed E-state index contributed by atoms with van der Waals surface area (Å²) in [5.41, 5.74) is 0.650. The van der Waals surface area contributed by atoms with Crippen molar-refractivity contribution in [1.82, 2.24) is 5.32 Å². The Morgan fingerprint density at radius 2 is 2.10 bits per heavy atom. The van der Waals surface area contributed by atoms with Crippen molar-refractivity contribution in [1.29, 1.82) is 0 Å². The minimum absolute atomic E-state index is 0.0969. The number of anilines is 1. The van der Waals surface area contributed by atoms with Crippen LogP contribution in [0.1, 0.15) is 23.2 Å². The van der Waals surface area contributed by atoms with E-state index < -0.39 is 11.0 Å². The van der Waals surface area contributed by atoms with Crippen LogP contribution in [-0.2, 0) is 0 Å². The normalized spacial score (nSPS) is 18.6. The molecule has 2 N–H and O–H groups in total. The number of aliphatic hydroxyl groups excluding tert-OH is 1. The second-order valence-corrected chi connectivity index (χ2v) is 5.27. The summed E-state index contributed by atoms with van der Waals surface area (Å²) in [6, 6.07) is 4.68. The molecule has 3 rings (SSSR count). The fourth-order valence-electron chi connectivity index (χ4n) is 2.23. The van der Waals surface area contributed by atoms with E-state index in [1.807, 2.05) is 0 Å². The number of carbonyl (C=O) groups excluding carboxylic acids is 1. The third kappa shape index (κ3) is 2.44. The number of hydrogen-bond acceptors (Lipinski definition) is 5. The first kappa shape index (κ1) is 12.9. The van der Waals surface area contributed by atoms with E-state index in [2.05, 4.69) is 5.32 Å². The van der Waals surface area contributed by atoms with Gasteiger partial charge in [0.2, 0.25) is 0 Å². The second kappa shape index (κ2) is 4.75. The number of nitro benzene ring substituents is 1. The van der Waals surface area contributed by atoms with Gasteiger partial charge in [-0.2, -0.15) is 0 Å². The molecule has 7 heteroatoms. The minimum atomic E-state index is -0.492. The van der Waals surface area contributed by atoms with Gasteiger partial charge in [0, 0.05) is 30.8 Å². The molecule has 20 heavy (non-hydrogen) atoms. The Morgan fingerprint density at radius 1 is 1.40 bits per heavy atom. The summed E-state index contributed by atoms with van der Waals surface area (Å²) in [6.45, 7) is 0.767. The first-order valence-electron chi connectivity index (χ1n) is 6.57. The molecule has 1 aromatic rings. The van der Waals surface area contributed by atoms with E-state index in [-0.39, 0.29) is 17.6 Å². The Balaban J connectivity index is 1.85. The average molecular weight is 277 g/mol. The van der Waals surface area contributed by atoms with Gasteiger partial charge in [-0.1, -0.05) is 0 Å². The van der Waals surface area contributed by atoms with Gasteiger partial charge in [0.25, 0.3) is 11.6 Å². The molecule has 2 aliphatic rings. The van der Waals surface area contributed by atoms with Gasteiger partial charge in [-0.15, -0.1) is 0 Å². The molecule has 1 aromatic carbocycles. The maximum Gasteiger partial charge on any atom is 0.293 e. The zero-order valence-electron chi connectivity index (χ0n) is 10.8. The fraction of sp³-hybridized carbons (Fsp3) is 0.462. The van der Waals surface area contributed by atoms with Crippen molar-refractivity contribution >= 4 is 17.3 Å². The summed E-state index contributed by atoms with van der Waals surface area (Å²) in [4.78, 5) is 24.3. The lowest BCUT2D eigenvalue weighted by atomic mass is 10.1. The maximum absolute atomic E-state index is 11.9. The molecule has 106 valence electrons. The highest BCUT2D eigenvalue weighted by molar-refractivity contribution is 5.96. The highest BCUT2D eigenvalue weighted by Crippen LogP contribution is 2.32. The first-order chi connectivity index (χ1) is 9.54. The van der Waals surface area contributed by atoms with Crippen LogP contribution in [0, 0.1) is 10.1 Å². The number of nitrogens with zero attached hydrogens (tertiary/aromatic N) is 2. The number of hydrogen-bond donors (Lipinski definition) is 2. The Bertz CT molecular complexity index is 565. The standard InChI is InChI=1S/C13H15N3O4/c17-10-6-15(7-10)11-4-1-8(5-12(11)16(19)20)13(18)14-9-2-3-9/h1,4-5,9-10,17H,2-3,6-7H2,(H,14,18). The zero-order chi connectivity index (χ0) is 14.3. The predicted octanol–water partition coefficient (Wildman–Crippen LogP) is 0.668. The number of benzene rings is 1. The van der Waals surface area contributed by atoms with Gasteiger partial charge in [-0.25, -0.2) is 0 Å². The van der Waals surface area contributed by atoms with Gasteiger partial charge in [-0.05, 0) is 25.0 Å². The molecule has 1 amide bonds. The molecule has 7 nitrogen and oxygen atoms in total. The first-order valence-corrected chi connectivity index (χ1v) is 6.57. The molecule has 1 saturated carbocycles. The van der Waals surface area contributed by atoms with E-state index in [0.29, 0.717) is 24.3 Å². The van der Waals surface area contributed by atoms with Crippen LogP contribution in [-0.4, -0.2) is 41.2 Å². The van der Waals surface area contributed by atoms with Crippen LogP contribution < -0.4 is 10.2 Å². The van der Waals surface area contributed by atoms with E-state index in [0.717, 1.165) is 12.8 Å². The Labute approximate surface area is 115 Å². The molecule has 1 heterocycles. The van der Waals surface area contributed by atoms with Crippen LogP contribution >= 0.6 is 0 Å². The van der Waals surface area contributed by atoms with Crippen LogP contribution in [0.3, 0.4) is 0 Å². The van der Waals surface area contributed by atoms with Crippen LogP contribution in [0.15, 0.2) is 18.2 Å². The number of nitrogens with one attached hydrogen (secondary N) is 1. The van der Waals surface area contributed by atoms with Crippen molar-refractivity contribution in [3.05, 3.63) is 33.9 Å². The lowest BCUT2D eigenvalue weighted by Crippen LogP contribution is -2.51. The molecule has 0 aromatic heterocycles. The summed E-state index contributed by atoms with van der Waals surface area (Å²) >= 11 is 0. The van der Waals surface area contributed by atoms with Crippen LogP contribution in [0.25, 0.3) is 0 Å². The molecular formula is C13H15N3O4. The molecule has 0 radical (unpaired) electrons. The van der Waals surface area contributed by atoms with Gasteiger partial charge in [0.05, 0.1) is 11.0 Å². The highest BCUT2D eigenvalue weighted by Gasteiger charge is 2.31. The van der Waals surface area contributed by atoms with Gasteiger partial charge in [-0.3, -0.25) is 14.9 Å². The Morgan fingerprint density at radius 3 is 2.65 bits per heavy atom. The number of β-amino-alcohol motifs (C(OH)–C–C–N with tert-alkyl or cyclic N) is 1. The maximum atomic E-state index is 11.9. The van der Waals surface area contributed by atoms with Gasteiger partial charge in [0.1, 0.15) is 5.69 Å². The van der Waals surface area contributed by atoms with Crippen molar-refractivity contribution in [3.8, 4) is 0 Å². The lowest BCUT2D eigenvalue weighted by molar-refractivity contribution is -0.384. The minimum Gasteiger partial charge on any atom is -0.389 e. The van der Waals surface area contributed by atoms with Crippen molar-refractivity contribution in [2.24, 2.45) is 0 Å². The third-order valence-electron chi connectivity index (χ3n) is 3.55. The van der Waals surface area contributed by atoms with Crippen molar-refractivity contribution in [3.63, 3.8) is 0 Å². The van der Waals surface area contributed by atoms with Crippen molar-refractivity contribution in [2.45, 2.75) is 25.0 Å². The largest absolute Gasteiger partial charge is 0.389 e. The molecule has 0 bridgehead atoms. The molecule has 0 spiro atoms. The van der Waals surface area contributed by atoms with Crippen LogP contribution in [0.5, 0.6) is 0 Å². The van der Waals surface area contributed by atoms with Crippen LogP contribution in [0.2, 0.25) is 0 Å². The topological polar surface area (TPSA) is 95.7 Å². The summed E-state index contributed by atoms with van der Waals surface area (Å²) < 4.78 is 0. The molecule has 1 aliphatic carbocycles. The number of nitro groups is 1. The SMILES string of the molecule is O=C(NC1CC1)c1ccc(N2CC(O)C2)c([N+](=O)[O-])c1. The quantitative estimate of drug-likeness (QED) is 0.623. The van der Waals surface area contributed by atoms with Gasteiger partial charge in [0.15, 0.2) is 0 Å². The molecule has 0 atom stereocenters. The monoisotopic (exact) mass is 277 g/mol. The smallest absolute Gasteiger partial charge is 0.293 e. The van der Waals surface area contributed by atoms with E-state index >= 15 is 0 Å². The summed E-state index contributed by atoms with van der Waals surface area (Å²) in [5.74, 6) is -0.272. The average Bonchev–Trinajstić information content (AvgIpc) is 3.18. The van der Waals surface area contributed by atoms with Crippen LogP contribution in [0.4, 0.5) is 11.4 Å². The van der Waals surface area contributed by atoms with Crippen molar-refractivity contribution in [2.75, 3.05) is 18.0 Å². The number of aliphatic hydroxyl groups is 1. The number of rotatable bonds is 4. The Kier molecular flexibility index (Phi) is 3.06. The summed E-state index contributed by atoms with van der Waals surface area (Å²) in [7, 11) is 0. The number of carbonyl (C=O) groups is 1. The lowest BCUT2D eigenvalue weighted by Gasteiger charge is -2.37. The zero-order valence-corrected chi connectivity index (χ0v) is 10.8. The molecule has 1 saturated heterocycles. The number of amides is 1. The fourth-order valence-corrected chi connectivity index (χ4v) is 2.23. The molecule has 1 aliphatic heterocycles. The molecule has 0 unspecified atom stereocenters. The highest BCUT2D eigenvalue weighted by atomic mass is 16.6. The van der Waals surface area contributed by atoms with E-state index in [1.165, 1.54) is 6.07 Å². The van der Waals surface area contributed by atoms with Crippen molar-refractivity contribution < 1.29 is 14.8 Å².